The zero-order valence-electron chi connectivity index (χ0n) is 15.0. The molecule has 0 heterocycles. The molecule has 1 amide bonds. The molecule has 2 rings (SSSR count). The molecule has 0 aliphatic carbocycles. The molecule has 0 unspecified atom stereocenters. The topological polar surface area (TPSA) is 63.2 Å². The second kappa shape index (κ2) is 9.82. The van der Waals surface area contributed by atoms with E-state index in [1.54, 1.807) is 42.5 Å². The number of hydrogen-bond acceptors (Lipinski definition) is 4. The third-order valence-electron chi connectivity index (χ3n) is 4.00. The molecular formula is C19H21Cl2NO3S2. The van der Waals surface area contributed by atoms with Crippen LogP contribution in [0.2, 0.25) is 10.0 Å². The summed E-state index contributed by atoms with van der Waals surface area (Å²) in [6.45, 7) is 1.96. The van der Waals surface area contributed by atoms with Crippen molar-refractivity contribution in [2.45, 2.75) is 30.0 Å². The van der Waals surface area contributed by atoms with Gasteiger partial charge in [0.15, 0.2) is 9.84 Å². The molecule has 2 aromatic carbocycles. The lowest BCUT2D eigenvalue weighted by molar-refractivity contribution is -0.119. The van der Waals surface area contributed by atoms with E-state index >= 15 is 0 Å². The lowest BCUT2D eigenvalue weighted by Gasteiger charge is -2.18. The molecule has 146 valence electrons. The molecule has 0 saturated heterocycles. The maximum absolute atomic E-state index is 12.3. The quantitative estimate of drug-likeness (QED) is 0.627. The molecule has 0 fully saturated rings. The van der Waals surface area contributed by atoms with Gasteiger partial charge in [-0.3, -0.25) is 4.79 Å². The Labute approximate surface area is 174 Å². The molecule has 8 heteroatoms. The highest BCUT2D eigenvalue weighted by Gasteiger charge is 2.15. The molecule has 1 N–H and O–H groups in total. The Bertz CT molecular complexity index is 879. The van der Waals surface area contributed by atoms with Gasteiger partial charge in [0.05, 0.1) is 16.7 Å². The number of amides is 1. The second-order valence-electron chi connectivity index (χ2n) is 6.06. The first-order valence-electron chi connectivity index (χ1n) is 8.32. The number of nitrogens with one attached hydrogen (secondary N) is 1. The van der Waals surface area contributed by atoms with Gasteiger partial charge in [-0.05, 0) is 41.8 Å². The third-order valence-corrected chi connectivity index (χ3v) is 6.79. The van der Waals surface area contributed by atoms with Crippen molar-refractivity contribution in [1.29, 1.82) is 0 Å². The zero-order chi connectivity index (χ0) is 20.0. The summed E-state index contributed by atoms with van der Waals surface area (Å²) in [5, 5.41) is 4.16. The van der Waals surface area contributed by atoms with E-state index in [1.165, 1.54) is 18.0 Å². The molecule has 0 aliphatic rings. The van der Waals surface area contributed by atoms with Crippen molar-refractivity contribution >= 4 is 50.7 Å². The van der Waals surface area contributed by atoms with Crippen molar-refractivity contribution in [3.8, 4) is 0 Å². The fourth-order valence-electron chi connectivity index (χ4n) is 2.52. The molecular weight excluding hydrogens is 425 g/mol. The zero-order valence-corrected chi connectivity index (χ0v) is 18.2. The van der Waals surface area contributed by atoms with Crippen molar-refractivity contribution < 1.29 is 13.2 Å². The van der Waals surface area contributed by atoms with Crippen molar-refractivity contribution in [3.05, 3.63) is 63.6 Å². The highest BCUT2D eigenvalue weighted by molar-refractivity contribution is 7.99. The average molecular weight is 446 g/mol. The van der Waals surface area contributed by atoms with Gasteiger partial charge in [0, 0.05) is 22.1 Å². The maximum atomic E-state index is 12.3. The third kappa shape index (κ3) is 6.42. The summed E-state index contributed by atoms with van der Waals surface area (Å²) in [6.07, 6.45) is 1.87. The molecule has 0 aromatic heterocycles. The van der Waals surface area contributed by atoms with E-state index in [4.69, 9.17) is 23.2 Å². The van der Waals surface area contributed by atoms with Gasteiger partial charge in [0.2, 0.25) is 5.91 Å². The Morgan fingerprint density at radius 1 is 1.11 bits per heavy atom. The Kier molecular flexibility index (Phi) is 8.04. The lowest BCUT2D eigenvalue weighted by Crippen LogP contribution is -2.29. The molecule has 0 saturated carbocycles. The molecule has 2 aromatic rings. The van der Waals surface area contributed by atoms with Gasteiger partial charge in [0.1, 0.15) is 0 Å². The number of halogens is 2. The number of hydrogen-bond donors (Lipinski definition) is 1. The normalized spacial score (nSPS) is 12.6. The fourth-order valence-corrected chi connectivity index (χ4v) is 4.73. The first-order chi connectivity index (χ1) is 12.7. The number of sulfone groups is 1. The standard InChI is InChI=1S/C19H21Cl2NO3S2/c1-3-18(13-7-9-14(10-8-13)27(2,24)25)22-19(23)12-26-11-15-16(20)5-4-6-17(15)21/h4-10,18H,3,11-12H2,1-2H3,(H,22,23)/t18-/m1/s1. The summed E-state index contributed by atoms with van der Waals surface area (Å²) >= 11 is 13.7. The van der Waals surface area contributed by atoms with Gasteiger partial charge in [0.25, 0.3) is 0 Å². The minimum atomic E-state index is -3.23. The number of thioether (sulfide) groups is 1. The van der Waals surface area contributed by atoms with E-state index in [0.717, 1.165) is 11.1 Å². The van der Waals surface area contributed by atoms with Crippen LogP contribution >= 0.6 is 35.0 Å². The van der Waals surface area contributed by atoms with Gasteiger partial charge in [-0.2, -0.15) is 0 Å². The number of carbonyl (C=O) groups is 1. The smallest absolute Gasteiger partial charge is 0.230 e. The first kappa shape index (κ1) is 22.1. The average Bonchev–Trinajstić information content (AvgIpc) is 2.61. The monoisotopic (exact) mass is 445 g/mol. The summed E-state index contributed by atoms with van der Waals surface area (Å²) < 4.78 is 23.1. The molecule has 0 aliphatic heterocycles. The predicted octanol–water partition coefficient (Wildman–Crippen LogP) is 4.90. The van der Waals surface area contributed by atoms with Crippen molar-refractivity contribution in [2.75, 3.05) is 12.0 Å². The molecule has 0 spiro atoms. The summed E-state index contributed by atoms with van der Waals surface area (Å²) in [5.41, 5.74) is 1.69. The van der Waals surface area contributed by atoms with Gasteiger partial charge < -0.3 is 5.32 Å². The van der Waals surface area contributed by atoms with Crippen LogP contribution in [-0.4, -0.2) is 26.3 Å². The Morgan fingerprint density at radius 3 is 2.22 bits per heavy atom. The largest absolute Gasteiger partial charge is 0.349 e. The van der Waals surface area contributed by atoms with E-state index in [9.17, 15) is 13.2 Å². The Hall–Kier alpha value is -1.21. The van der Waals surface area contributed by atoms with Crippen molar-refractivity contribution in [1.82, 2.24) is 5.32 Å². The SMILES string of the molecule is CC[C@@H](NC(=O)CSCc1c(Cl)cccc1Cl)c1ccc(S(C)(=O)=O)cc1. The van der Waals surface area contributed by atoms with Crippen LogP contribution in [0.1, 0.15) is 30.5 Å². The van der Waals surface area contributed by atoms with Gasteiger partial charge in [-0.25, -0.2) is 8.42 Å². The van der Waals surface area contributed by atoms with Crippen LogP contribution in [-0.2, 0) is 20.4 Å². The molecule has 27 heavy (non-hydrogen) atoms. The number of rotatable bonds is 8. The van der Waals surface area contributed by atoms with Crippen molar-refractivity contribution in [2.24, 2.45) is 0 Å². The van der Waals surface area contributed by atoms with Crippen LogP contribution in [0.5, 0.6) is 0 Å². The molecule has 1 atom stereocenters. The number of benzene rings is 2. The number of carbonyl (C=O) groups excluding carboxylic acids is 1. The van der Waals surface area contributed by atoms with Crippen LogP contribution in [0.15, 0.2) is 47.4 Å². The lowest BCUT2D eigenvalue weighted by atomic mass is 10.0. The Morgan fingerprint density at radius 2 is 1.70 bits per heavy atom. The van der Waals surface area contributed by atoms with Crippen LogP contribution in [0, 0.1) is 0 Å². The highest BCUT2D eigenvalue weighted by Crippen LogP contribution is 2.28. The van der Waals surface area contributed by atoms with Crippen LogP contribution < -0.4 is 5.32 Å². The van der Waals surface area contributed by atoms with Crippen molar-refractivity contribution in [3.63, 3.8) is 0 Å². The summed E-state index contributed by atoms with van der Waals surface area (Å²) in [5.74, 6) is 0.729. The van der Waals surface area contributed by atoms with Crippen LogP contribution in [0.4, 0.5) is 0 Å². The second-order valence-corrected chi connectivity index (χ2v) is 9.88. The van der Waals surface area contributed by atoms with Crippen LogP contribution in [0.3, 0.4) is 0 Å². The predicted molar refractivity (Wildman–Crippen MR) is 113 cm³/mol. The first-order valence-corrected chi connectivity index (χ1v) is 12.1. The van der Waals surface area contributed by atoms with E-state index < -0.39 is 9.84 Å². The van der Waals surface area contributed by atoms with E-state index in [2.05, 4.69) is 5.32 Å². The maximum Gasteiger partial charge on any atom is 0.230 e. The minimum Gasteiger partial charge on any atom is -0.349 e. The van der Waals surface area contributed by atoms with Gasteiger partial charge in [-0.15, -0.1) is 11.8 Å². The molecule has 4 nitrogen and oxygen atoms in total. The van der Waals surface area contributed by atoms with Gasteiger partial charge >= 0.3 is 0 Å². The van der Waals surface area contributed by atoms with E-state index in [0.29, 0.717) is 22.2 Å². The van der Waals surface area contributed by atoms with E-state index in [-0.39, 0.29) is 22.6 Å². The molecule has 0 radical (unpaired) electrons. The minimum absolute atomic E-state index is 0.0952. The molecule has 0 bridgehead atoms. The Balaban J connectivity index is 1.93. The summed E-state index contributed by atoms with van der Waals surface area (Å²) in [6, 6.07) is 11.8. The van der Waals surface area contributed by atoms with Crippen LogP contribution in [0.25, 0.3) is 0 Å². The summed E-state index contributed by atoms with van der Waals surface area (Å²) in [4.78, 5) is 12.5. The fraction of sp³-hybridized carbons (Fsp3) is 0.316. The van der Waals surface area contributed by atoms with E-state index in [1.807, 2.05) is 6.92 Å². The highest BCUT2D eigenvalue weighted by atomic mass is 35.5. The van der Waals surface area contributed by atoms with Gasteiger partial charge in [-0.1, -0.05) is 48.3 Å². The summed E-state index contributed by atoms with van der Waals surface area (Å²) in [7, 11) is -3.23.